The van der Waals surface area contributed by atoms with Crippen molar-refractivity contribution in [3.63, 3.8) is 0 Å². The summed E-state index contributed by atoms with van der Waals surface area (Å²) in [6.07, 6.45) is 1.00. The van der Waals surface area contributed by atoms with Crippen LogP contribution in [0, 0.1) is 0 Å². The van der Waals surface area contributed by atoms with Crippen molar-refractivity contribution in [2.45, 2.75) is 12.5 Å². The van der Waals surface area contributed by atoms with Gasteiger partial charge in [0.05, 0.1) is 12.6 Å². The molecule has 2 aromatic carbocycles. The van der Waals surface area contributed by atoms with Gasteiger partial charge in [0, 0.05) is 27.5 Å². The fraction of sp³-hybridized carbons (Fsp3) is 0.160. The van der Waals surface area contributed by atoms with Crippen LogP contribution < -0.4 is 5.32 Å². The molecule has 1 aliphatic rings. The SMILES string of the molecule is O=C(CN1CCc2sccc2C1c1cccs1)Nc1ccccc1-c1ccccc1. The van der Waals surface area contributed by atoms with Gasteiger partial charge in [0.15, 0.2) is 0 Å². The van der Waals surface area contributed by atoms with Crippen molar-refractivity contribution in [3.8, 4) is 11.1 Å². The highest BCUT2D eigenvalue weighted by Gasteiger charge is 2.31. The molecule has 0 aliphatic carbocycles. The molecule has 5 rings (SSSR count). The molecular formula is C25H22N2OS2. The Bertz CT molecular complexity index is 1130. The molecule has 1 amide bonds. The number of hydrogen-bond donors (Lipinski definition) is 1. The lowest BCUT2D eigenvalue weighted by molar-refractivity contribution is -0.117. The first kappa shape index (κ1) is 19.2. The molecule has 1 atom stereocenters. The quantitative estimate of drug-likeness (QED) is 0.417. The van der Waals surface area contributed by atoms with Gasteiger partial charge >= 0.3 is 0 Å². The Labute approximate surface area is 184 Å². The molecule has 0 spiro atoms. The molecule has 1 aliphatic heterocycles. The maximum absolute atomic E-state index is 13.1. The van der Waals surface area contributed by atoms with E-state index in [4.69, 9.17) is 0 Å². The second kappa shape index (κ2) is 8.56. The minimum absolute atomic E-state index is 0.0265. The van der Waals surface area contributed by atoms with Crippen LogP contribution in [0.4, 0.5) is 5.69 Å². The fourth-order valence-corrected chi connectivity index (χ4v) is 5.93. The highest BCUT2D eigenvalue weighted by molar-refractivity contribution is 7.10. The maximum atomic E-state index is 13.1. The van der Waals surface area contributed by atoms with Crippen LogP contribution >= 0.6 is 22.7 Å². The molecule has 30 heavy (non-hydrogen) atoms. The summed E-state index contributed by atoms with van der Waals surface area (Å²) >= 11 is 3.59. The van der Waals surface area contributed by atoms with Crippen molar-refractivity contribution >= 4 is 34.3 Å². The molecule has 3 nitrogen and oxygen atoms in total. The predicted molar refractivity (Wildman–Crippen MR) is 126 cm³/mol. The average molecular weight is 431 g/mol. The number of nitrogens with one attached hydrogen (secondary N) is 1. The molecule has 150 valence electrons. The molecule has 5 heteroatoms. The Morgan fingerprint density at radius 1 is 0.933 bits per heavy atom. The summed E-state index contributed by atoms with van der Waals surface area (Å²) in [4.78, 5) is 18.1. The number of fused-ring (bicyclic) bond motifs is 1. The van der Waals surface area contributed by atoms with E-state index in [9.17, 15) is 4.79 Å². The second-order valence-corrected chi connectivity index (χ2v) is 9.38. The smallest absolute Gasteiger partial charge is 0.238 e. The van der Waals surface area contributed by atoms with Crippen LogP contribution in [-0.4, -0.2) is 23.9 Å². The summed E-state index contributed by atoms with van der Waals surface area (Å²) in [5, 5.41) is 7.45. The van der Waals surface area contributed by atoms with E-state index in [0.717, 1.165) is 29.8 Å². The first-order valence-corrected chi connectivity index (χ1v) is 11.8. The van der Waals surface area contributed by atoms with Gasteiger partial charge in [-0.25, -0.2) is 0 Å². The first-order chi connectivity index (χ1) is 14.8. The number of thiophene rings is 2. The molecule has 0 saturated carbocycles. The molecular weight excluding hydrogens is 408 g/mol. The second-order valence-electron chi connectivity index (χ2n) is 7.40. The van der Waals surface area contributed by atoms with Gasteiger partial charge in [-0.15, -0.1) is 22.7 Å². The number of rotatable bonds is 5. The Morgan fingerprint density at radius 2 is 1.77 bits per heavy atom. The maximum Gasteiger partial charge on any atom is 0.238 e. The van der Waals surface area contributed by atoms with Crippen LogP contribution in [0.15, 0.2) is 83.6 Å². The number of benzene rings is 2. The number of carbonyl (C=O) groups is 1. The van der Waals surface area contributed by atoms with Gasteiger partial charge in [-0.3, -0.25) is 9.69 Å². The first-order valence-electron chi connectivity index (χ1n) is 10.1. The van der Waals surface area contributed by atoms with E-state index in [1.54, 1.807) is 11.3 Å². The van der Waals surface area contributed by atoms with E-state index in [2.05, 4.69) is 57.4 Å². The number of hydrogen-bond acceptors (Lipinski definition) is 4. The summed E-state index contributed by atoms with van der Waals surface area (Å²) < 4.78 is 0. The van der Waals surface area contributed by atoms with Crippen LogP contribution in [0.1, 0.15) is 21.4 Å². The van der Waals surface area contributed by atoms with E-state index in [1.807, 2.05) is 47.7 Å². The largest absolute Gasteiger partial charge is 0.324 e. The summed E-state index contributed by atoms with van der Waals surface area (Å²) in [6.45, 7) is 1.27. The molecule has 1 unspecified atom stereocenters. The highest BCUT2D eigenvalue weighted by atomic mass is 32.1. The summed E-state index contributed by atoms with van der Waals surface area (Å²) in [6, 6.07) is 24.8. The van der Waals surface area contributed by atoms with Crippen molar-refractivity contribution < 1.29 is 4.79 Å². The third kappa shape index (κ3) is 3.84. The van der Waals surface area contributed by atoms with Crippen LogP contribution in [-0.2, 0) is 11.2 Å². The van der Waals surface area contributed by atoms with Gasteiger partial charge in [0.2, 0.25) is 5.91 Å². The van der Waals surface area contributed by atoms with Crippen molar-refractivity contribution in [2.75, 3.05) is 18.4 Å². The van der Waals surface area contributed by atoms with Crippen molar-refractivity contribution in [1.82, 2.24) is 4.90 Å². The van der Waals surface area contributed by atoms with E-state index in [-0.39, 0.29) is 11.9 Å². The zero-order valence-corrected chi connectivity index (χ0v) is 18.1. The van der Waals surface area contributed by atoms with E-state index in [1.165, 1.54) is 15.3 Å². The van der Waals surface area contributed by atoms with Crippen LogP contribution in [0.25, 0.3) is 11.1 Å². The van der Waals surface area contributed by atoms with Gasteiger partial charge in [-0.05, 0) is 46.5 Å². The number of anilines is 1. The van der Waals surface area contributed by atoms with Crippen LogP contribution in [0.5, 0.6) is 0 Å². The molecule has 0 bridgehead atoms. The van der Waals surface area contributed by atoms with E-state index in [0.29, 0.717) is 6.54 Å². The average Bonchev–Trinajstić information content (AvgIpc) is 3.47. The summed E-state index contributed by atoms with van der Waals surface area (Å²) in [7, 11) is 0. The van der Waals surface area contributed by atoms with Gasteiger partial charge in [0.1, 0.15) is 0 Å². The summed E-state index contributed by atoms with van der Waals surface area (Å²) in [5.41, 5.74) is 4.35. The van der Waals surface area contributed by atoms with Gasteiger partial charge in [0.25, 0.3) is 0 Å². The van der Waals surface area contributed by atoms with Gasteiger partial charge in [-0.2, -0.15) is 0 Å². The lowest BCUT2D eigenvalue weighted by Crippen LogP contribution is -2.40. The molecule has 0 fully saturated rings. The zero-order chi connectivity index (χ0) is 20.3. The van der Waals surface area contributed by atoms with Crippen molar-refractivity contribution in [2.24, 2.45) is 0 Å². The highest BCUT2D eigenvalue weighted by Crippen LogP contribution is 2.39. The van der Waals surface area contributed by atoms with Crippen molar-refractivity contribution in [1.29, 1.82) is 0 Å². The minimum Gasteiger partial charge on any atom is -0.324 e. The van der Waals surface area contributed by atoms with Crippen LogP contribution in [0.3, 0.4) is 0 Å². The lowest BCUT2D eigenvalue weighted by Gasteiger charge is -2.34. The standard InChI is InChI=1S/C25H22N2OS2/c28-24(26-21-10-5-4-9-19(21)18-7-2-1-3-8-18)17-27-14-12-22-20(13-16-30-22)25(27)23-11-6-15-29-23/h1-11,13,15-16,25H,12,14,17H2,(H,26,28). The molecule has 1 N–H and O–H groups in total. The molecule has 2 aromatic heterocycles. The normalized spacial score (nSPS) is 16.2. The number of amides is 1. The Morgan fingerprint density at radius 3 is 2.60 bits per heavy atom. The number of nitrogens with zero attached hydrogens (tertiary/aromatic N) is 1. The number of para-hydroxylation sites is 1. The van der Waals surface area contributed by atoms with Crippen molar-refractivity contribution in [3.05, 3.63) is 98.9 Å². The van der Waals surface area contributed by atoms with Gasteiger partial charge in [-0.1, -0.05) is 54.6 Å². The van der Waals surface area contributed by atoms with E-state index < -0.39 is 0 Å². The monoisotopic (exact) mass is 430 g/mol. The van der Waals surface area contributed by atoms with E-state index >= 15 is 0 Å². The predicted octanol–water partition coefficient (Wildman–Crippen LogP) is 6.06. The van der Waals surface area contributed by atoms with Gasteiger partial charge < -0.3 is 5.32 Å². The number of carbonyl (C=O) groups excluding carboxylic acids is 1. The Hall–Kier alpha value is -2.73. The minimum atomic E-state index is 0.0265. The molecule has 0 radical (unpaired) electrons. The third-order valence-electron chi connectivity index (χ3n) is 5.51. The molecule has 4 aromatic rings. The third-order valence-corrected chi connectivity index (χ3v) is 7.43. The topological polar surface area (TPSA) is 32.3 Å². The zero-order valence-electron chi connectivity index (χ0n) is 16.5. The molecule has 3 heterocycles. The Kier molecular flexibility index (Phi) is 5.49. The fourth-order valence-electron chi connectivity index (χ4n) is 4.15. The summed E-state index contributed by atoms with van der Waals surface area (Å²) in [5.74, 6) is 0.0265. The lowest BCUT2D eigenvalue weighted by atomic mass is 9.98. The van der Waals surface area contributed by atoms with Crippen LogP contribution in [0.2, 0.25) is 0 Å². The molecule has 0 saturated heterocycles. The Balaban J connectivity index is 1.38.